The lowest BCUT2D eigenvalue weighted by Gasteiger charge is -2.24. The summed E-state index contributed by atoms with van der Waals surface area (Å²) in [4.78, 5) is 35.7. The van der Waals surface area contributed by atoms with E-state index in [1.807, 2.05) is 38.1 Å². The van der Waals surface area contributed by atoms with Crippen LogP contribution in [0.5, 0.6) is 0 Å². The van der Waals surface area contributed by atoms with Crippen molar-refractivity contribution in [1.29, 1.82) is 0 Å². The van der Waals surface area contributed by atoms with Gasteiger partial charge in [0.2, 0.25) is 11.8 Å². The average molecular weight is 362 g/mol. The van der Waals surface area contributed by atoms with E-state index in [1.54, 1.807) is 13.8 Å². The van der Waals surface area contributed by atoms with Crippen molar-refractivity contribution in [2.24, 2.45) is 5.92 Å². The first-order valence-electron chi connectivity index (χ1n) is 8.97. The monoisotopic (exact) mass is 362 g/mol. The molecule has 0 aliphatic rings. The molecule has 0 unspecified atom stereocenters. The van der Waals surface area contributed by atoms with E-state index in [0.29, 0.717) is 6.42 Å². The predicted molar refractivity (Wildman–Crippen MR) is 101 cm³/mol. The van der Waals surface area contributed by atoms with Crippen molar-refractivity contribution in [3.63, 3.8) is 0 Å². The van der Waals surface area contributed by atoms with Crippen LogP contribution in [0.2, 0.25) is 0 Å². The quantitative estimate of drug-likeness (QED) is 0.628. The van der Waals surface area contributed by atoms with E-state index in [0.717, 1.165) is 12.0 Å². The van der Waals surface area contributed by atoms with Gasteiger partial charge in [-0.1, -0.05) is 45.0 Å². The first kappa shape index (κ1) is 21.7. The summed E-state index contributed by atoms with van der Waals surface area (Å²) in [5, 5.41) is 14.2. The molecule has 1 atom stereocenters. The fourth-order valence-corrected chi connectivity index (χ4v) is 2.61. The summed E-state index contributed by atoms with van der Waals surface area (Å²) in [6.07, 6.45) is 1.26. The zero-order valence-corrected chi connectivity index (χ0v) is 16.3. The normalized spacial score (nSPS) is 12.5. The van der Waals surface area contributed by atoms with E-state index in [2.05, 4.69) is 17.6 Å². The second-order valence-electron chi connectivity index (χ2n) is 7.45. The topological polar surface area (TPSA) is 95.5 Å². The van der Waals surface area contributed by atoms with Crippen molar-refractivity contribution in [2.45, 2.75) is 58.9 Å². The van der Waals surface area contributed by atoms with E-state index in [9.17, 15) is 14.4 Å². The van der Waals surface area contributed by atoms with Gasteiger partial charge in [-0.15, -0.1) is 0 Å². The van der Waals surface area contributed by atoms with Crippen molar-refractivity contribution < 1.29 is 19.5 Å². The standard InChI is InChI=1S/C20H30N2O4/c1-6-14-7-9-15(10-8-14)20(4,5)19(26)21-12-17(23)22-16(18(24)25)11-13(2)3/h7-10,13,16H,6,11-12H2,1-5H3,(H,21,26)(H,22,23)(H,24,25)/t16-/m0/s1. The molecular formula is C20H30N2O4. The van der Waals surface area contributed by atoms with Gasteiger partial charge in [-0.2, -0.15) is 0 Å². The molecule has 6 nitrogen and oxygen atoms in total. The molecule has 0 aliphatic heterocycles. The largest absolute Gasteiger partial charge is 0.480 e. The van der Waals surface area contributed by atoms with Crippen LogP contribution < -0.4 is 10.6 Å². The fraction of sp³-hybridized carbons (Fsp3) is 0.550. The van der Waals surface area contributed by atoms with Gasteiger partial charge in [0.15, 0.2) is 0 Å². The van der Waals surface area contributed by atoms with E-state index >= 15 is 0 Å². The van der Waals surface area contributed by atoms with Gasteiger partial charge >= 0.3 is 5.97 Å². The van der Waals surface area contributed by atoms with Crippen molar-refractivity contribution in [1.82, 2.24) is 10.6 Å². The van der Waals surface area contributed by atoms with Crippen molar-refractivity contribution in [3.8, 4) is 0 Å². The zero-order valence-electron chi connectivity index (χ0n) is 16.3. The minimum Gasteiger partial charge on any atom is -0.480 e. The molecule has 0 saturated carbocycles. The van der Waals surface area contributed by atoms with Gasteiger partial charge in [-0.05, 0) is 43.7 Å². The highest BCUT2D eigenvalue weighted by Crippen LogP contribution is 2.23. The highest BCUT2D eigenvalue weighted by molar-refractivity contribution is 5.92. The van der Waals surface area contributed by atoms with Crippen molar-refractivity contribution in [3.05, 3.63) is 35.4 Å². The van der Waals surface area contributed by atoms with E-state index in [4.69, 9.17) is 5.11 Å². The van der Waals surface area contributed by atoms with E-state index in [1.165, 1.54) is 5.56 Å². The van der Waals surface area contributed by atoms with Crippen LogP contribution >= 0.6 is 0 Å². The van der Waals surface area contributed by atoms with Crippen molar-refractivity contribution >= 4 is 17.8 Å². The van der Waals surface area contributed by atoms with Crippen LogP contribution in [0.1, 0.15) is 52.2 Å². The van der Waals surface area contributed by atoms with Gasteiger partial charge in [0.05, 0.1) is 12.0 Å². The lowest BCUT2D eigenvalue weighted by molar-refractivity contribution is -0.142. The Morgan fingerprint density at radius 2 is 1.69 bits per heavy atom. The summed E-state index contributed by atoms with van der Waals surface area (Å²) < 4.78 is 0. The van der Waals surface area contributed by atoms with Crippen LogP contribution in [-0.4, -0.2) is 35.5 Å². The highest BCUT2D eigenvalue weighted by atomic mass is 16.4. The Balaban J connectivity index is 2.65. The number of aliphatic carboxylic acids is 1. The molecule has 0 fully saturated rings. The third-order valence-electron chi connectivity index (χ3n) is 4.40. The lowest BCUT2D eigenvalue weighted by atomic mass is 9.83. The fourth-order valence-electron chi connectivity index (χ4n) is 2.61. The Morgan fingerprint density at radius 3 is 2.15 bits per heavy atom. The SMILES string of the molecule is CCc1ccc(C(C)(C)C(=O)NCC(=O)N[C@@H](CC(C)C)C(=O)O)cc1. The average Bonchev–Trinajstić information content (AvgIpc) is 2.58. The van der Waals surface area contributed by atoms with Crippen molar-refractivity contribution in [2.75, 3.05) is 6.54 Å². The molecule has 0 aliphatic carbocycles. The Hall–Kier alpha value is -2.37. The number of carboxylic acid groups (broad SMARTS) is 1. The van der Waals surface area contributed by atoms with Crippen LogP contribution in [0.4, 0.5) is 0 Å². The van der Waals surface area contributed by atoms with Gasteiger partial charge in [0.1, 0.15) is 6.04 Å². The smallest absolute Gasteiger partial charge is 0.326 e. The number of nitrogens with one attached hydrogen (secondary N) is 2. The zero-order chi connectivity index (χ0) is 19.9. The highest BCUT2D eigenvalue weighted by Gasteiger charge is 2.30. The molecule has 0 aromatic heterocycles. The summed E-state index contributed by atoms with van der Waals surface area (Å²) in [7, 11) is 0. The van der Waals surface area contributed by atoms with Crippen LogP contribution in [0.3, 0.4) is 0 Å². The van der Waals surface area contributed by atoms with Gasteiger partial charge in [-0.3, -0.25) is 9.59 Å². The number of carbonyl (C=O) groups excluding carboxylic acids is 2. The summed E-state index contributed by atoms with van der Waals surface area (Å²) in [6, 6.07) is 6.86. The summed E-state index contributed by atoms with van der Waals surface area (Å²) in [5.74, 6) is -1.73. The maximum Gasteiger partial charge on any atom is 0.326 e. The molecule has 0 spiro atoms. The first-order chi connectivity index (χ1) is 12.1. The summed E-state index contributed by atoms with van der Waals surface area (Å²) >= 11 is 0. The predicted octanol–water partition coefficient (Wildman–Crippen LogP) is 2.26. The molecule has 2 amide bonds. The second kappa shape index (κ2) is 9.36. The van der Waals surface area contributed by atoms with Crippen LogP contribution in [0.25, 0.3) is 0 Å². The molecule has 0 radical (unpaired) electrons. The molecule has 26 heavy (non-hydrogen) atoms. The van der Waals surface area contributed by atoms with Gasteiger partial charge in [0.25, 0.3) is 0 Å². The minimum absolute atomic E-state index is 0.135. The van der Waals surface area contributed by atoms with Crippen LogP contribution in [-0.2, 0) is 26.2 Å². The number of rotatable bonds is 9. The molecule has 0 bridgehead atoms. The van der Waals surface area contributed by atoms with E-state index < -0.39 is 23.3 Å². The third kappa shape index (κ3) is 6.17. The van der Waals surface area contributed by atoms with Crippen LogP contribution in [0, 0.1) is 5.92 Å². The number of carbonyl (C=O) groups is 3. The van der Waals surface area contributed by atoms with Gasteiger partial charge in [0, 0.05) is 0 Å². The van der Waals surface area contributed by atoms with Gasteiger partial charge in [-0.25, -0.2) is 4.79 Å². The van der Waals surface area contributed by atoms with Crippen LogP contribution in [0.15, 0.2) is 24.3 Å². The Kier molecular flexibility index (Phi) is 7.80. The minimum atomic E-state index is -1.07. The number of benzene rings is 1. The third-order valence-corrected chi connectivity index (χ3v) is 4.40. The molecule has 1 aromatic rings. The lowest BCUT2D eigenvalue weighted by Crippen LogP contribution is -2.48. The second-order valence-corrected chi connectivity index (χ2v) is 7.45. The maximum absolute atomic E-state index is 12.5. The Morgan fingerprint density at radius 1 is 1.12 bits per heavy atom. The molecule has 144 valence electrons. The number of amides is 2. The molecule has 0 heterocycles. The molecule has 0 saturated heterocycles. The molecule has 1 rings (SSSR count). The molecule has 6 heteroatoms. The number of hydrogen-bond donors (Lipinski definition) is 3. The Bertz CT molecular complexity index is 636. The Labute approximate surface area is 155 Å². The summed E-state index contributed by atoms with van der Waals surface area (Å²) in [5.41, 5.74) is 1.25. The van der Waals surface area contributed by atoms with Gasteiger partial charge < -0.3 is 15.7 Å². The molecule has 3 N–H and O–H groups in total. The molecule has 1 aromatic carbocycles. The number of carboxylic acids is 1. The maximum atomic E-state index is 12.5. The number of aryl methyl sites for hydroxylation is 1. The summed E-state index contributed by atoms with van der Waals surface area (Å²) in [6.45, 7) is 9.17. The van der Waals surface area contributed by atoms with E-state index in [-0.39, 0.29) is 18.4 Å². The molecular weight excluding hydrogens is 332 g/mol. The number of hydrogen-bond acceptors (Lipinski definition) is 3. The first-order valence-corrected chi connectivity index (χ1v) is 8.97.